The molecule has 0 N–H and O–H groups in total. The van der Waals surface area contributed by atoms with E-state index < -0.39 is 11.9 Å². The summed E-state index contributed by atoms with van der Waals surface area (Å²) in [5.41, 5.74) is 0.0492. The highest BCUT2D eigenvalue weighted by Crippen LogP contribution is 2.30. The molecule has 0 aliphatic carbocycles. The molecule has 0 aliphatic heterocycles. The largest absolute Gasteiger partial charge is 0.435 e. The van der Waals surface area contributed by atoms with Crippen molar-refractivity contribution in [1.29, 1.82) is 5.26 Å². The molecule has 5 nitrogen and oxygen atoms in total. The van der Waals surface area contributed by atoms with Crippen molar-refractivity contribution < 1.29 is 13.2 Å². The third-order valence-electron chi connectivity index (χ3n) is 3.33. The van der Waals surface area contributed by atoms with Gasteiger partial charge in [0.05, 0.1) is 34.5 Å². The van der Waals surface area contributed by atoms with Gasteiger partial charge in [-0.05, 0) is 30.3 Å². The molecule has 0 amide bonds. The Balaban J connectivity index is 2.04. The smallest absolute Gasteiger partial charge is 0.239 e. The highest BCUT2D eigenvalue weighted by Gasteiger charge is 2.35. The molecular formula is C16H9ClF3N5. The number of alkyl halides is 3. The van der Waals surface area contributed by atoms with E-state index in [0.29, 0.717) is 22.1 Å². The van der Waals surface area contributed by atoms with Gasteiger partial charge in [-0.1, -0.05) is 11.6 Å². The normalized spacial score (nSPS) is 11.3. The van der Waals surface area contributed by atoms with Crippen molar-refractivity contribution in [2.24, 2.45) is 0 Å². The second kappa shape index (κ2) is 6.53. The molecule has 0 unspecified atom stereocenters. The van der Waals surface area contributed by atoms with E-state index in [9.17, 15) is 13.2 Å². The van der Waals surface area contributed by atoms with Crippen LogP contribution >= 0.6 is 11.6 Å². The lowest BCUT2D eigenvalue weighted by Crippen LogP contribution is -2.08. The second-order valence-corrected chi connectivity index (χ2v) is 5.52. The van der Waals surface area contributed by atoms with Crippen molar-refractivity contribution in [2.75, 3.05) is 0 Å². The molecule has 3 rings (SSSR count). The molecule has 0 saturated heterocycles. The molecule has 3 aromatic rings. The number of hydrogen-bond donors (Lipinski definition) is 0. The van der Waals surface area contributed by atoms with Crippen molar-refractivity contribution in [3.8, 4) is 11.8 Å². The Morgan fingerprint density at radius 1 is 1.12 bits per heavy atom. The van der Waals surface area contributed by atoms with E-state index in [1.165, 1.54) is 41.3 Å². The van der Waals surface area contributed by atoms with Gasteiger partial charge in [0.15, 0.2) is 5.69 Å². The quantitative estimate of drug-likeness (QED) is 0.710. The number of aromatic nitrogens is 4. The van der Waals surface area contributed by atoms with Crippen LogP contribution < -0.4 is 0 Å². The summed E-state index contributed by atoms with van der Waals surface area (Å²) in [6.07, 6.45) is -1.79. The van der Waals surface area contributed by atoms with Crippen LogP contribution in [0, 0.1) is 11.3 Å². The third-order valence-corrected chi connectivity index (χ3v) is 3.52. The topological polar surface area (TPSA) is 67.4 Å². The second-order valence-electron chi connectivity index (χ2n) is 5.08. The van der Waals surface area contributed by atoms with Crippen molar-refractivity contribution in [1.82, 2.24) is 19.7 Å². The summed E-state index contributed by atoms with van der Waals surface area (Å²) in [4.78, 5) is 8.00. The van der Waals surface area contributed by atoms with Gasteiger partial charge in [0.1, 0.15) is 5.82 Å². The molecule has 0 radical (unpaired) electrons. The Morgan fingerprint density at radius 2 is 1.76 bits per heavy atom. The minimum Gasteiger partial charge on any atom is -0.239 e. The zero-order valence-electron chi connectivity index (χ0n) is 12.5. The average Bonchev–Trinajstić information content (AvgIpc) is 3.01. The molecule has 0 saturated carbocycles. The molecule has 0 bridgehead atoms. The van der Waals surface area contributed by atoms with Crippen LogP contribution in [0.2, 0.25) is 5.02 Å². The van der Waals surface area contributed by atoms with Crippen molar-refractivity contribution in [3.63, 3.8) is 0 Å². The highest BCUT2D eigenvalue weighted by atomic mass is 35.5. The fourth-order valence-electron chi connectivity index (χ4n) is 2.18. The van der Waals surface area contributed by atoms with Gasteiger partial charge in [-0.3, -0.25) is 0 Å². The van der Waals surface area contributed by atoms with Gasteiger partial charge in [0.2, 0.25) is 0 Å². The SMILES string of the molecule is N#Cc1ccc(-n2nc(C(F)(F)F)cc2Cc2ncc(Cl)cn2)cc1. The molecule has 0 spiro atoms. The van der Waals surface area contributed by atoms with Crippen LogP contribution in [-0.2, 0) is 12.6 Å². The van der Waals surface area contributed by atoms with Gasteiger partial charge >= 0.3 is 6.18 Å². The van der Waals surface area contributed by atoms with Crippen LogP contribution in [0.25, 0.3) is 5.69 Å². The molecule has 0 aliphatic rings. The summed E-state index contributed by atoms with van der Waals surface area (Å²) < 4.78 is 40.3. The van der Waals surface area contributed by atoms with Gasteiger partial charge in [-0.25, -0.2) is 14.6 Å². The number of halogens is 4. The van der Waals surface area contributed by atoms with Crippen LogP contribution in [0.5, 0.6) is 0 Å². The van der Waals surface area contributed by atoms with Crippen LogP contribution in [0.1, 0.15) is 22.8 Å². The van der Waals surface area contributed by atoms with Crippen molar-refractivity contribution in [2.45, 2.75) is 12.6 Å². The number of nitriles is 1. The maximum absolute atomic E-state index is 13.0. The predicted octanol–water partition coefficient (Wildman–Crippen LogP) is 3.80. The summed E-state index contributed by atoms with van der Waals surface area (Å²) in [5, 5.41) is 12.8. The van der Waals surface area contributed by atoms with Crippen molar-refractivity contribution >= 4 is 11.6 Å². The fourth-order valence-corrected chi connectivity index (χ4v) is 2.27. The minimum atomic E-state index is -4.58. The molecule has 1 aromatic carbocycles. The maximum atomic E-state index is 13.0. The van der Waals surface area contributed by atoms with Gasteiger partial charge < -0.3 is 0 Å². The first-order chi connectivity index (χ1) is 11.9. The van der Waals surface area contributed by atoms with Gasteiger partial charge in [0, 0.05) is 12.4 Å². The lowest BCUT2D eigenvalue weighted by molar-refractivity contribution is -0.141. The van der Waals surface area contributed by atoms with Gasteiger partial charge in [-0.15, -0.1) is 0 Å². The summed E-state index contributed by atoms with van der Waals surface area (Å²) in [6, 6.07) is 8.97. The van der Waals surface area contributed by atoms with Crippen LogP contribution in [0.3, 0.4) is 0 Å². The zero-order valence-corrected chi connectivity index (χ0v) is 13.3. The Morgan fingerprint density at radius 3 is 2.32 bits per heavy atom. The molecular weight excluding hydrogens is 355 g/mol. The predicted molar refractivity (Wildman–Crippen MR) is 83.1 cm³/mol. The van der Waals surface area contributed by atoms with E-state index in [0.717, 1.165) is 6.07 Å². The number of hydrogen-bond acceptors (Lipinski definition) is 4. The van der Waals surface area contributed by atoms with E-state index in [1.54, 1.807) is 0 Å². The standard InChI is InChI=1S/C16H9ClF3N5/c17-11-8-22-15(23-9-11)6-13-5-14(16(18,19)20)24-25(13)12-3-1-10(7-21)2-4-12/h1-5,8-9H,6H2. The first-order valence-electron chi connectivity index (χ1n) is 7.00. The summed E-state index contributed by atoms with van der Waals surface area (Å²) in [6.45, 7) is 0. The lowest BCUT2D eigenvalue weighted by atomic mass is 10.2. The molecule has 126 valence electrons. The highest BCUT2D eigenvalue weighted by molar-refractivity contribution is 6.30. The number of nitrogens with zero attached hydrogens (tertiary/aromatic N) is 5. The molecule has 25 heavy (non-hydrogen) atoms. The fraction of sp³-hybridized carbons (Fsp3) is 0.125. The molecule has 9 heteroatoms. The summed E-state index contributed by atoms with van der Waals surface area (Å²) in [5.74, 6) is 0.313. The zero-order chi connectivity index (χ0) is 18.0. The van der Waals surface area contributed by atoms with Gasteiger partial charge in [0.25, 0.3) is 0 Å². The number of rotatable bonds is 3. The van der Waals surface area contributed by atoms with Crippen LogP contribution in [-0.4, -0.2) is 19.7 Å². The van der Waals surface area contributed by atoms with Crippen molar-refractivity contribution in [3.05, 3.63) is 70.5 Å². The Bertz CT molecular complexity index is 924. The molecule has 2 heterocycles. The first-order valence-corrected chi connectivity index (χ1v) is 7.38. The van der Waals surface area contributed by atoms with E-state index in [-0.39, 0.29) is 12.1 Å². The van der Waals surface area contributed by atoms with E-state index in [2.05, 4.69) is 15.1 Å². The Kier molecular flexibility index (Phi) is 4.42. The Hall–Kier alpha value is -2.92. The van der Waals surface area contributed by atoms with Crippen LogP contribution in [0.15, 0.2) is 42.7 Å². The first kappa shape index (κ1) is 16.9. The monoisotopic (exact) mass is 363 g/mol. The molecule has 0 atom stereocenters. The number of benzene rings is 1. The minimum absolute atomic E-state index is 0.0419. The van der Waals surface area contributed by atoms with E-state index in [1.807, 2.05) is 6.07 Å². The third kappa shape index (κ3) is 3.78. The average molecular weight is 364 g/mol. The van der Waals surface area contributed by atoms with Gasteiger partial charge in [-0.2, -0.15) is 23.5 Å². The summed E-state index contributed by atoms with van der Waals surface area (Å²) >= 11 is 5.72. The maximum Gasteiger partial charge on any atom is 0.435 e. The lowest BCUT2D eigenvalue weighted by Gasteiger charge is -2.07. The van der Waals surface area contributed by atoms with E-state index in [4.69, 9.17) is 16.9 Å². The van der Waals surface area contributed by atoms with Crippen LogP contribution in [0.4, 0.5) is 13.2 Å². The summed E-state index contributed by atoms with van der Waals surface area (Å²) in [7, 11) is 0. The Labute approximate surface area is 145 Å². The molecule has 2 aromatic heterocycles. The molecule has 0 fully saturated rings. The van der Waals surface area contributed by atoms with E-state index >= 15 is 0 Å².